The smallest absolute Gasteiger partial charge is 0.124 e. The van der Waals surface area contributed by atoms with Gasteiger partial charge in [-0.15, -0.1) is 0 Å². The number of hydrogen-bond donors (Lipinski definition) is 1. The SMILES string of the molecule is Cc1ccc(Cl)cc1OCc1ccccc1CN. The Morgan fingerprint density at radius 3 is 2.56 bits per heavy atom. The largest absolute Gasteiger partial charge is 0.489 e. The van der Waals surface area contributed by atoms with Crippen molar-refractivity contribution in [3.63, 3.8) is 0 Å². The zero-order valence-corrected chi connectivity index (χ0v) is 11.1. The fourth-order valence-corrected chi connectivity index (χ4v) is 1.94. The van der Waals surface area contributed by atoms with Crippen LogP contribution in [-0.2, 0) is 13.2 Å². The first-order valence-corrected chi connectivity index (χ1v) is 6.24. The lowest BCUT2D eigenvalue weighted by Gasteiger charge is -2.12. The number of nitrogens with two attached hydrogens (primary N) is 1. The van der Waals surface area contributed by atoms with E-state index in [1.54, 1.807) is 0 Å². The van der Waals surface area contributed by atoms with E-state index in [0.717, 1.165) is 22.4 Å². The zero-order chi connectivity index (χ0) is 13.0. The minimum Gasteiger partial charge on any atom is -0.489 e. The summed E-state index contributed by atoms with van der Waals surface area (Å²) in [4.78, 5) is 0. The molecule has 3 heteroatoms. The van der Waals surface area contributed by atoms with Crippen LogP contribution < -0.4 is 10.5 Å². The molecule has 0 heterocycles. The molecule has 0 atom stereocenters. The first-order valence-electron chi connectivity index (χ1n) is 5.86. The molecule has 0 bridgehead atoms. The summed E-state index contributed by atoms with van der Waals surface area (Å²) in [5, 5.41) is 0.683. The van der Waals surface area contributed by atoms with Gasteiger partial charge in [-0.05, 0) is 35.7 Å². The van der Waals surface area contributed by atoms with Crippen molar-refractivity contribution in [3.8, 4) is 5.75 Å². The van der Waals surface area contributed by atoms with Crippen LogP contribution in [0.5, 0.6) is 5.75 Å². The highest BCUT2D eigenvalue weighted by Gasteiger charge is 2.04. The molecule has 0 saturated carbocycles. The van der Waals surface area contributed by atoms with Gasteiger partial charge in [-0.2, -0.15) is 0 Å². The van der Waals surface area contributed by atoms with E-state index in [1.165, 1.54) is 0 Å². The van der Waals surface area contributed by atoms with Crippen LogP contribution in [0.4, 0.5) is 0 Å². The Hall–Kier alpha value is -1.51. The summed E-state index contributed by atoms with van der Waals surface area (Å²) in [5.74, 6) is 0.814. The summed E-state index contributed by atoms with van der Waals surface area (Å²) >= 11 is 5.96. The summed E-state index contributed by atoms with van der Waals surface area (Å²) in [6.45, 7) is 3.03. The Morgan fingerprint density at radius 2 is 1.83 bits per heavy atom. The second-order valence-electron chi connectivity index (χ2n) is 4.17. The van der Waals surface area contributed by atoms with Gasteiger partial charge < -0.3 is 10.5 Å². The monoisotopic (exact) mass is 261 g/mol. The molecule has 0 aliphatic heterocycles. The van der Waals surface area contributed by atoms with Crippen molar-refractivity contribution in [1.29, 1.82) is 0 Å². The second kappa shape index (κ2) is 5.89. The van der Waals surface area contributed by atoms with E-state index in [-0.39, 0.29) is 0 Å². The average Bonchev–Trinajstić information content (AvgIpc) is 2.40. The normalized spacial score (nSPS) is 10.4. The van der Waals surface area contributed by atoms with Gasteiger partial charge >= 0.3 is 0 Å². The topological polar surface area (TPSA) is 35.2 Å². The van der Waals surface area contributed by atoms with E-state index in [9.17, 15) is 0 Å². The van der Waals surface area contributed by atoms with Crippen molar-refractivity contribution in [2.45, 2.75) is 20.1 Å². The van der Waals surface area contributed by atoms with Crippen molar-refractivity contribution in [2.24, 2.45) is 5.73 Å². The summed E-state index contributed by atoms with van der Waals surface area (Å²) in [7, 11) is 0. The quantitative estimate of drug-likeness (QED) is 0.911. The highest BCUT2D eigenvalue weighted by molar-refractivity contribution is 6.30. The number of aryl methyl sites for hydroxylation is 1. The Bertz CT molecular complexity index is 540. The van der Waals surface area contributed by atoms with Crippen LogP contribution in [-0.4, -0.2) is 0 Å². The van der Waals surface area contributed by atoms with Crippen LogP contribution in [0.1, 0.15) is 16.7 Å². The lowest BCUT2D eigenvalue weighted by atomic mass is 10.1. The molecule has 2 aromatic carbocycles. The fraction of sp³-hybridized carbons (Fsp3) is 0.200. The number of hydrogen-bond acceptors (Lipinski definition) is 2. The minimum atomic E-state index is 0.508. The number of benzene rings is 2. The van der Waals surface area contributed by atoms with E-state index in [2.05, 4.69) is 0 Å². The molecule has 2 N–H and O–H groups in total. The minimum absolute atomic E-state index is 0.508. The van der Waals surface area contributed by atoms with Crippen LogP contribution in [0.15, 0.2) is 42.5 Å². The zero-order valence-electron chi connectivity index (χ0n) is 10.3. The third kappa shape index (κ3) is 3.03. The summed E-state index contributed by atoms with van der Waals surface area (Å²) in [5.41, 5.74) is 8.99. The molecule has 0 aliphatic carbocycles. The van der Waals surface area contributed by atoms with Crippen LogP contribution in [0, 0.1) is 6.92 Å². The number of ether oxygens (including phenoxy) is 1. The van der Waals surface area contributed by atoms with Gasteiger partial charge in [0.25, 0.3) is 0 Å². The first-order chi connectivity index (χ1) is 8.70. The Kier molecular flexibility index (Phi) is 4.24. The van der Waals surface area contributed by atoms with E-state index >= 15 is 0 Å². The third-order valence-electron chi connectivity index (χ3n) is 2.87. The summed E-state index contributed by atoms with van der Waals surface area (Å²) in [6.07, 6.45) is 0. The summed E-state index contributed by atoms with van der Waals surface area (Å²) in [6, 6.07) is 13.7. The van der Waals surface area contributed by atoms with Gasteiger partial charge in [-0.1, -0.05) is 41.9 Å². The van der Waals surface area contributed by atoms with Crippen molar-refractivity contribution < 1.29 is 4.74 Å². The predicted octanol–water partition coefficient (Wildman–Crippen LogP) is 3.69. The van der Waals surface area contributed by atoms with Crippen LogP contribution in [0.3, 0.4) is 0 Å². The molecule has 0 aromatic heterocycles. The molecule has 0 radical (unpaired) electrons. The van der Waals surface area contributed by atoms with E-state index in [4.69, 9.17) is 22.1 Å². The van der Waals surface area contributed by atoms with Crippen molar-refractivity contribution in [2.75, 3.05) is 0 Å². The molecular formula is C15H16ClNO. The molecule has 2 rings (SSSR count). The number of halogens is 1. The van der Waals surface area contributed by atoms with Gasteiger partial charge in [0.2, 0.25) is 0 Å². The van der Waals surface area contributed by atoms with Gasteiger partial charge in [-0.3, -0.25) is 0 Å². The Balaban J connectivity index is 2.14. The maximum atomic E-state index is 5.96. The van der Waals surface area contributed by atoms with Gasteiger partial charge in [0.1, 0.15) is 12.4 Å². The van der Waals surface area contributed by atoms with Gasteiger partial charge in [-0.25, -0.2) is 0 Å². The lowest BCUT2D eigenvalue weighted by molar-refractivity contribution is 0.303. The lowest BCUT2D eigenvalue weighted by Crippen LogP contribution is -2.04. The maximum absolute atomic E-state index is 5.96. The van der Waals surface area contributed by atoms with E-state index in [0.29, 0.717) is 18.2 Å². The summed E-state index contributed by atoms with van der Waals surface area (Å²) < 4.78 is 5.81. The third-order valence-corrected chi connectivity index (χ3v) is 3.11. The highest BCUT2D eigenvalue weighted by atomic mass is 35.5. The van der Waals surface area contributed by atoms with Crippen LogP contribution >= 0.6 is 11.6 Å². The standard InChI is InChI=1S/C15H16ClNO/c1-11-6-7-14(16)8-15(11)18-10-13-5-3-2-4-12(13)9-17/h2-8H,9-10,17H2,1H3. The molecule has 2 aromatic rings. The molecular weight excluding hydrogens is 246 g/mol. The van der Waals surface area contributed by atoms with Gasteiger partial charge in [0, 0.05) is 11.6 Å². The molecule has 2 nitrogen and oxygen atoms in total. The molecule has 0 fully saturated rings. The average molecular weight is 262 g/mol. The first kappa shape index (κ1) is 12.9. The maximum Gasteiger partial charge on any atom is 0.124 e. The highest BCUT2D eigenvalue weighted by Crippen LogP contribution is 2.23. The van der Waals surface area contributed by atoms with Gasteiger partial charge in [0.05, 0.1) is 0 Å². The van der Waals surface area contributed by atoms with E-state index in [1.807, 2.05) is 49.4 Å². The molecule has 94 valence electrons. The molecule has 0 saturated heterocycles. The second-order valence-corrected chi connectivity index (χ2v) is 4.61. The van der Waals surface area contributed by atoms with Crippen LogP contribution in [0.25, 0.3) is 0 Å². The molecule has 18 heavy (non-hydrogen) atoms. The Morgan fingerprint density at radius 1 is 1.11 bits per heavy atom. The number of rotatable bonds is 4. The predicted molar refractivity (Wildman–Crippen MR) is 74.9 cm³/mol. The van der Waals surface area contributed by atoms with Crippen molar-refractivity contribution in [3.05, 3.63) is 64.2 Å². The van der Waals surface area contributed by atoms with Gasteiger partial charge in [0.15, 0.2) is 0 Å². The molecule has 0 unspecified atom stereocenters. The Labute approximate surface area is 112 Å². The molecule has 0 spiro atoms. The van der Waals surface area contributed by atoms with Crippen LogP contribution in [0.2, 0.25) is 5.02 Å². The van der Waals surface area contributed by atoms with E-state index < -0.39 is 0 Å². The molecule has 0 amide bonds. The fourth-order valence-electron chi connectivity index (χ4n) is 1.78. The van der Waals surface area contributed by atoms with Crippen molar-refractivity contribution >= 4 is 11.6 Å². The molecule has 0 aliphatic rings. The van der Waals surface area contributed by atoms with Crippen molar-refractivity contribution in [1.82, 2.24) is 0 Å².